The topological polar surface area (TPSA) is 81.8 Å². The van der Waals surface area contributed by atoms with Crippen LogP contribution in [0, 0.1) is 12.7 Å². The largest absolute Gasteiger partial charge is 0.431 e. The van der Waals surface area contributed by atoms with Gasteiger partial charge in [0.05, 0.1) is 6.20 Å². The van der Waals surface area contributed by atoms with Gasteiger partial charge in [-0.3, -0.25) is 9.59 Å². The average Bonchev–Trinajstić information content (AvgIpc) is 3.07. The lowest BCUT2D eigenvalue weighted by Crippen LogP contribution is -2.40. The van der Waals surface area contributed by atoms with Crippen molar-refractivity contribution < 1.29 is 22.4 Å². The van der Waals surface area contributed by atoms with Gasteiger partial charge < -0.3 is 14.9 Å². The predicted molar refractivity (Wildman–Crippen MR) is 101 cm³/mol. The smallest absolute Gasteiger partial charge is 0.344 e. The van der Waals surface area contributed by atoms with Crippen molar-refractivity contribution in [2.24, 2.45) is 0 Å². The van der Waals surface area contributed by atoms with Crippen molar-refractivity contribution in [3.8, 4) is 0 Å². The van der Waals surface area contributed by atoms with Crippen LogP contribution in [0.1, 0.15) is 46.1 Å². The first-order chi connectivity index (χ1) is 14.1. The number of amides is 1. The lowest BCUT2D eigenvalue weighted by Gasteiger charge is -2.32. The van der Waals surface area contributed by atoms with Crippen molar-refractivity contribution in [2.45, 2.75) is 31.9 Å². The van der Waals surface area contributed by atoms with E-state index in [1.165, 1.54) is 11.1 Å². The molecule has 0 aromatic carbocycles. The molecular weight excluding hydrogens is 404 g/mol. The number of piperidine rings is 1. The standard InChI is InChI=1S/C20H18F4N4O2/c1-10-8-13-16(14(21)9-25-17(13)26-10)11-4-6-28(7-5-11)19(30)12-2-3-15(20(22,23)24)27-18(12)29/h2-3,8-9,11H,4-7H2,1H3,(H,25,26)(H,27,29). The fourth-order valence-electron chi connectivity index (χ4n) is 3.97. The molecule has 1 saturated heterocycles. The van der Waals surface area contributed by atoms with E-state index in [4.69, 9.17) is 0 Å². The maximum Gasteiger partial charge on any atom is 0.431 e. The number of fused-ring (bicyclic) bond motifs is 1. The number of hydrogen-bond donors (Lipinski definition) is 2. The van der Waals surface area contributed by atoms with Crippen LogP contribution in [0.25, 0.3) is 11.0 Å². The highest BCUT2D eigenvalue weighted by Gasteiger charge is 2.33. The maximum absolute atomic E-state index is 14.5. The van der Waals surface area contributed by atoms with Crippen molar-refractivity contribution in [2.75, 3.05) is 13.1 Å². The van der Waals surface area contributed by atoms with E-state index in [2.05, 4.69) is 9.97 Å². The number of likely N-dealkylation sites (tertiary alicyclic amines) is 1. The summed E-state index contributed by atoms with van der Waals surface area (Å²) in [5, 5.41) is 0.705. The van der Waals surface area contributed by atoms with E-state index in [1.54, 1.807) is 4.98 Å². The monoisotopic (exact) mass is 422 g/mol. The number of nitrogens with one attached hydrogen (secondary N) is 2. The van der Waals surface area contributed by atoms with E-state index in [9.17, 15) is 27.2 Å². The minimum Gasteiger partial charge on any atom is -0.344 e. The number of aryl methyl sites for hydroxylation is 1. The summed E-state index contributed by atoms with van der Waals surface area (Å²) in [5.74, 6) is -1.19. The van der Waals surface area contributed by atoms with Crippen LogP contribution in [0.2, 0.25) is 0 Å². The number of aromatic nitrogens is 3. The molecule has 2 N–H and O–H groups in total. The Hall–Kier alpha value is -3.17. The van der Waals surface area contributed by atoms with E-state index in [0.29, 0.717) is 35.5 Å². The van der Waals surface area contributed by atoms with E-state index in [1.807, 2.05) is 13.0 Å². The minimum absolute atomic E-state index is 0.138. The number of rotatable bonds is 2. The van der Waals surface area contributed by atoms with Crippen molar-refractivity contribution in [1.29, 1.82) is 0 Å². The van der Waals surface area contributed by atoms with Gasteiger partial charge in [-0.2, -0.15) is 13.2 Å². The summed E-state index contributed by atoms with van der Waals surface area (Å²) >= 11 is 0. The molecule has 30 heavy (non-hydrogen) atoms. The molecule has 3 aromatic rings. The maximum atomic E-state index is 14.5. The molecule has 10 heteroatoms. The first-order valence-corrected chi connectivity index (χ1v) is 9.38. The first-order valence-electron chi connectivity index (χ1n) is 9.38. The number of carbonyl (C=O) groups excluding carboxylic acids is 1. The van der Waals surface area contributed by atoms with Gasteiger partial charge in [-0.1, -0.05) is 0 Å². The number of hydrogen-bond acceptors (Lipinski definition) is 3. The molecule has 3 aromatic heterocycles. The zero-order chi connectivity index (χ0) is 21.6. The number of aromatic amines is 2. The Bertz CT molecular complexity index is 1170. The zero-order valence-corrected chi connectivity index (χ0v) is 15.9. The number of halogens is 4. The molecule has 0 radical (unpaired) electrons. The SMILES string of the molecule is Cc1cc2c(C3CCN(C(=O)c4ccc(C(F)(F)F)[nH]c4=O)CC3)c(F)cnc2[nH]1. The normalized spacial score (nSPS) is 15.7. The summed E-state index contributed by atoms with van der Waals surface area (Å²) in [6.07, 6.45) is -2.60. The van der Waals surface area contributed by atoms with Gasteiger partial charge in [-0.05, 0) is 43.9 Å². The highest BCUT2D eigenvalue weighted by atomic mass is 19.4. The van der Waals surface area contributed by atoms with Crippen LogP contribution in [-0.4, -0.2) is 38.8 Å². The molecule has 1 amide bonds. The summed E-state index contributed by atoms with van der Waals surface area (Å²) in [6, 6.07) is 3.41. The molecular formula is C20H18F4N4O2. The quantitative estimate of drug-likeness (QED) is 0.618. The minimum atomic E-state index is -4.70. The zero-order valence-electron chi connectivity index (χ0n) is 15.9. The molecule has 1 fully saturated rings. The summed E-state index contributed by atoms with van der Waals surface area (Å²) in [7, 11) is 0. The summed E-state index contributed by atoms with van der Waals surface area (Å²) in [6.45, 7) is 2.37. The van der Waals surface area contributed by atoms with Crippen molar-refractivity contribution in [1.82, 2.24) is 19.9 Å². The van der Waals surface area contributed by atoms with Crippen LogP contribution >= 0.6 is 0 Å². The highest BCUT2D eigenvalue weighted by Crippen LogP contribution is 2.35. The molecule has 4 rings (SSSR count). The van der Waals surface area contributed by atoms with Crippen LogP contribution in [0.4, 0.5) is 17.6 Å². The third-order valence-corrected chi connectivity index (χ3v) is 5.42. The van der Waals surface area contributed by atoms with Gasteiger partial charge in [0.1, 0.15) is 22.7 Å². The molecule has 0 atom stereocenters. The first kappa shape index (κ1) is 20.1. The molecule has 0 spiro atoms. The Morgan fingerprint density at radius 3 is 2.53 bits per heavy atom. The van der Waals surface area contributed by atoms with Crippen molar-refractivity contribution >= 4 is 16.9 Å². The van der Waals surface area contributed by atoms with E-state index in [-0.39, 0.29) is 24.6 Å². The summed E-state index contributed by atoms with van der Waals surface area (Å²) in [4.78, 5) is 34.9. The van der Waals surface area contributed by atoms with Gasteiger partial charge in [0, 0.05) is 29.7 Å². The Kier molecular flexibility index (Phi) is 4.87. The lowest BCUT2D eigenvalue weighted by atomic mass is 9.87. The lowest BCUT2D eigenvalue weighted by molar-refractivity contribution is -0.141. The van der Waals surface area contributed by atoms with Gasteiger partial charge in [0.2, 0.25) is 0 Å². The fraction of sp³-hybridized carbons (Fsp3) is 0.350. The van der Waals surface area contributed by atoms with Gasteiger partial charge in [0.25, 0.3) is 11.5 Å². The number of carbonyl (C=O) groups is 1. The number of H-pyrrole nitrogens is 2. The highest BCUT2D eigenvalue weighted by molar-refractivity contribution is 5.94. The third-order valence-electron chi connectivity index (χ3n) is 5.42. The van der Waals surface area contributed by atoms with E-state index >= 15 is 0 Å². The predicted octanol–water partition coefficient (Wildman–Crippen LogP) is 3.74. The van der Waals surface area contributed by atoms with Crippen LogP contribution in [0.3, 0.4) is 0 Å². The number of alkyl halides is 3. The van der Waals surface area contributed by atoms with Gasteiger partial charge in [-0.25, -0.2) is 9.37 Å². The molecule has 0 unspecified atom stereocenters. The Morgan fingerprint density at radius 2 is 1.90 bits per heavy atom. The van der Waals surface area contributed by atoms with Crippen LogP contribution in [0.5, 0.6) is 0 Å². The Labute approximate surface area is 167 Å². The summed E-state index contributed by atoms with van der Waals surface area (Å²) in [5.41, 5.74) is -0.635. The molecule has 0 aliphatic carbocycles. The van der Waals surface area contributed by atoms with Crippen LogP contribution < -0.4 is 5.56 Å². The molecule has 1 aliphatic rings. The van der Waals surface area contributed by atoms with Gasteiger partial charge in [0.15, 0.2) is 0 Å². The molecule has 4 heterocycles. The Balaban J connectivity index is 1.52. The third kappa shape index (κ3) is 3.57. The number of nitrogens with zero attached hydrogens (tertiary/aromatic N) is 2. The van der Waals surface area contributed by atoms with Crippen molar-refractivity contribution in [3.05, 3.63) is 63.1 Å². The van der Waals surface area contributed by atoms with E-state index in [0.717, 1.165) is 11.8 Å². The van der Waals surface area contributed by atoms with Gasteiger partial charge >= 0.3 is 6.18 Å². The summed E-state index contributed by atoms with van der Waals surface area (Å²) < 4.78 is 52.6. The second-order valence-electron chi connectivity index (χ2n) is 7.41. The van der Waals surface area contributed by atoms with Crippen LogP contribution in [0.15, 0.2) is 29.2 Å². The second-order valence-corrected chi connectivity index (χ2v) is 7.41. The van der Waals surface area contributed by atoms with Gasteiger partial charge in [-0.15, -0.1) is 0 Å². The van der Waals surface area contributed by atoms with Crippen molar-refractivity contribution in [3.63, 3.8) is 0 Å². The second kappa shape index (κ2) is 7.26. The van der Waals surface area contributed by atoms with E-state index < -0.39 is 29.2 Å². The molecule has 158 valence electrons. The average molecular weight is 422 g/mol. The number of pyridine rings is 2. The molecule has 1 aliphatic heterocycles. The molecule has 0 saturated carbocycles. The molecule has 6 nitrogen and oxygen atoms in total. The molecule has 0 bridgehead atoms. The fourth-order valence-corrected chi connectivity index (χ4v) is 3.97. The Morgan fingerprint density at radius 1 is 1.20 bits per heavy atom. The van der Waals surface area contributed by atoms with Crippen LogP contribution in [-0.2, 0) is 6.18 Å².